The number of benzene rings is 2. The Hall–Kier alpha value is -2.56. The molecule has 0 radical (unpaired) electrons. The standard InChI is InChI=1S/C19H14F3NO/c1-23-15-8-3-2-7-13(15)17-14(10-16(24)18(17)23)11-5-4-6-12(9-11)19(20,21)22/h2-9,14H,10H2,1H3/t14-/m1/s1. The molecule has 0 bridgehead atoms. The number of carbonyl (C=O) groups is 1. The van der Waals surface area contributed by atoms with Crippen molar-refractivity contribution in [3.63, 3.8) is 0 Å². The van der Waals surface area contributed by atoms with Crippen LogP contribution in [0.4, 0.5) is 13.2 Å². The molecule has 0 saturated heterocycles. The number of halogens is 3. The first-order chi connectivity index (χ1) is 11.4. The Morgan fingerprint density at radius 3 is 2.58 bits per heavy atom. The highest BCUT2D eigenvalue weighted by molar-refractivity contribution is 6.07. The first-order valence-electron chi connectivity index (χ1n) is 7.65. The quantitative estimate of drug-likeness (QED) is 0.621. The third-order valence-electron chi connectivity index (χ3n) is 4.76. The Bertz CT molecular complexity index is 968. The number of aromatic nitrogens is 1. The molecular weight excluding hydrogens is 315 g/mol. The van der Waals surface area contributed by atoms with Crippen LogP contribution in [0.15, 0.2) is 48.5 Å². The summed E-state index contributed by atoms with van der Waals surface area (Å²) in [5.41, 5.74) is 2.23. The maximum absolute atomic E-state index is 13.0. The molecule has 4 rings (SSSR count). The predicted molar refractivity (Wildman–Crippen MR) is 85.2 cm³/mol. The van der Waals surface area contributed by atoms with Gasteiger partial charge in [0.15, 0.2) is 5.78 Å². The number of hydrogen-bond donors (Lipinski definition) is 0. The summed E-state index contributed by atoms with van der Waals surface area (Å²) < 4.78 is 40.9. The number of para-hydroxylation sites is 1. The first-order valence-corrected chi connectivity index (χ1v) is 7.65. The Morgan fingerprint density at radius 2 is 1.83 bits per heavy atom. The molecule has 1 heterocycles. The molecule has 1 aromatic heterocycles. The van der Waals surface area contributed by atoms with Crippen LogP contribution >= 0.6 is 0 Å². The van der Waals surface area contributed by atoms with E-state index < -0.39 is 11.7 Å². The highest BCUT2D eigenvalue weighted by Gasteiger charge is 2.37. The van der Waals surface area contributed by atoms with E-state index in [1.165, 1.54) is 6.07 Å². The van der Waals surface area contributed by atoms with Crippen LogP contribution in [0.5, 0.6) is 0 Å². The number of fused-ring (bicyclic) bond motifs is 3. The highest BCUT2D eigenvalue weighted by atomic mass is 19.4. The van der Waals surface area contributed by atoms with E-state index in [1.807, 2.05) is 35.9 Å². The van der Waals surface area contributed by atoms with Crippen molar-refractivity contribution in [2.24, 2.45) is 7.05 Å². The van der Waals surface area contributed by atoms with Crippen molar-refractivity contribution in [3.8, 4) is 0 Å². The van der Waals surface area contributed by atoms with Gasteiger partial charge in [0.2, 0.25) is 0 Å². The zero-order valence-corrected chi connectivity index (χ0v) is 12.9. The average molecular weight is 329 g/mol. The van der Waals surface area contributed by atoms with Crippen molar-refractivity contribution in [1.29, 1.82) is 0 Å². The number of nitrogens with zero attached hydrogens (tertiary/aromatic N) is 1. The van der Waals surface area contributed by atoms with Gasteiger partial charge in [-0.25, -0.2) is 0 Å². The smallest absolute Gasteiger partial charge is 0.341 e. The third-order valence-corrected chi connectivity index (χ3v) is 4.76. The van der Waals surface area contributed by atoms with E-state index >= 15 is 0 Å². The molecule has 0 amide bonds. The average Bonchev–Trinajstić information content (AvgIpc) is 3.05. The van der Waals surface area contributed by atoms with Crippen molar-refractivity contribution in [1.82, 2.24) is 4.57 Å². The Kier molecular flexibility index (Phi) is 3.10. The van der Waals surface area contributed by atoms with E-state index in [2.05, 4.69) is 0 Å². The van der Waals surface area contributed by atoms with Gasteiger partial charge in [-0.2, -0.15) is 13.2 Å². The van der Waals surface area contributed by atoms with Crippen molar-refractivity contribution < 1.29 is 18.0 Å². The van der Waals surface area contributed by atoms with Gasteiger partial charge in [-0.3, -0.25) is 4.79 Å². The van der Waals surface area contributed by atoms with Gasteiger partial charge in [0.25, 0.3) is 0 Å². The summed E-state index contributed by atoms with van der Waals surface area (Å²) in [6.07, 6.45) is -4.18. The Balaban J connectivity index is 1.93. The van der Waals surface area contributed by atoms with Gasteiger partial charge in [0.05, 0.1) is 11.3 Å². The number of ketones is 1. The van der Waals surface area contributed by atoms with Crippen LogP contribution in [0.1, 0.15) is 39.5 Å². The fraction of sp³-hybridized carbons (Fsp3) is 0.211. The maximum Gasteiger partial charge on any atom is 0.416 e. The van der Waals surface area contributed by atoms with Gasteiger partial charge in [-0.15, -0.1) is 0 Å². The lowest BCUT2D eigenvalue weighted by Crippen LogP contribution is -2.07. The number of aryl methyl sites for hydroxylation is 1. The molecule has 0 unspecified atom stereocenters. The summed E-state index contributed by atoms with van der Waals surface area (Å²) in [6, 6.07) is 12.9. The van der Waals surface area contributed by atoms with Gasteiger partial charge < -0.3 is 4.57 Å². The largest absolute Gasteiger partial charge is 0.416 e. The molecule has 24 heavy (non-hydrogen) atoms. The van der Waals surface area contributed by atoms with Crippen LogP contribution in [0.3, 0.4) is 0 Å². The molecule has 2 nitrogen and oxygen atoms in total. The molecule has 1 atom stereocenters. The molecule has 2 aromatic carbocycles. The number of carbonyl (C=O) groups excluding carboxylic acids is 1. The third kappa shape index (κ3) is 2.08. The topological polar surface area (TPSA) is 22.0 Å². The van der Waals surface area contributed by atoms with Crippen molar-refractivity contribution in [2.75, 3.05) is 0 Å². The van der Waals surface area contributed by atoms with Crippen LogP contribution < -0.4 is 0 Å². The summed E-state index contributed by atoms with van der Waals surface area (Å²) in [5, 5.41) is 0.934. The zero-order chi connectivity index (χ0) is 17.1. The minimum atomic E-state index is -4.39. The van der Waals surface area contributed by atoms with Crippen LogP contribution in [0.25, 0.3) is 10.9 Å². The second-order valence-electron chi connectivity index (χ2n) is 6.14. The summed E-state index contributed by atoms with van der Waals surface area (Å²) in [4.78, 5) is 12.5. The molecule has 3 aromatic rings. The molecule has 0 N–H and O–H groups in total. The minimum Gasteiger partial charge on any atom is -0.341 e. The molecule has 1 aliphatic carbocycles. The van der Waals surface area contributed by atoms with Gasteiger partial charge in [0.1, 0.15) is 0 Å². The number of rotatable bonds is 1. The van der Waals surface area contributed by atoms with Crippen molar-refractivity contribution in [2.45, 2.75) is 18.5 Å². The fourth-order valence-electron chi connectivity index (χ4n) is 3.71. The molecule has 0 saturated carbocycles. The van der Waals surface area contributed by atoms with E-state index in [9.17, 15) is 18.0 Å². The van der Waals surface area contributed by atoms with Gasteiger partial charge >= 0.3 is 6.18 Å². The number of alkyl halides is 3. The fourth-order valence-corrected chi connectivity index (χ4v) is 3.71. The number of Topliss-reactive ketones (excluding diaryl/α,β-unsaturated/α-hetero) is 1. The van der Waals surface area contributed by atoms with Crippen LogP contribution in [0.2, 0.25) is 0 Å². The van der Waals surface area contributed by atoms with Crippen LogP contribution in [-0.2, 0) is 13.2 Å². The van der Waals surface area contributed by atoms with Crippen molar-refractivity contribution >= 4 is 16.7 Å². The number of hydrogen-bond acceptors (Lipinski definition) is 1. The first kappa shape index (κ1) is 15.0. The summed E-state index contributed by atoms with van der Waals surface area (Å²) >= 11 is 0. The predicted octanol–water partition coefficient (Wildman–Crippen LogP) is 4.92. The van der Waals surface area contributed by atoms with E-state index in [1.54, 1.807) is 6.07 Å². The van der Waals surface area contributed by atoms with Gasteiger partial charge in [-0.1, -0.05) is 36.4 Å². The molecule has 0 fully saturated rings. The Morgan fingerprint density at radius 1 is 1.08 bits per heavy atom. The lowest BCUT2D eigenvalue weighted by Gasteiger charge is -2.14. The summed E-state index contributed by atoms with van der Waals surface area (Å²) in [6.45, 7) is 0. The molecule has 1 aliphatic rings. The second-order valence-corrected chi connectivity index (χ2v) is 6.14. The second kappa shape index (κ2) is 4.97. The SMILES string of the molecule is Cn1c2c(c3ccccc31)[C@@H](c1cccc(C(F)(F)F)c1)CC2=O. The highest BCUT2D eigenvalue weighted by Crippen LogP contribution is 2.44. The molecule has 5 heteroatoms. The maximum atomic E-state index is 13.0. The molecule has 122 valence electrons. The summed E-state index contributed by atoms with van der Waals surface area (Å²) in [7, 11) is 1.83. The monoisotopic (exact) mass is 329 g/mol. The Labute approximate surface area is 136 Å². The van der Waals surface area contributed by atoms with E-state index in [0.717, 1.165) is 28.6 Å². The molecule has 0 spiro atoms. The molecular formula is C19H14F3NO. The van der Waals surface area contributed by atoms with Crippen LogP contribution in [-0.4, -0.2) is 10.4 Å². The lowest BCUT2D eigenvalue weighted by molar-refractivity contribution is -0.137. The minimum absolute atomic E-state index is 0.0221. The summed E-state index contributed by atoms with van der Waals surface area (Å²) in [5.74, 6) is -0.355. The lowest BCUT2D eigenvalue weighted by atomic mass is 9.91. The van der Waals surface area contributed by atoms with E-state index in [-0.39, 0.29) is 18.1 Å². The van der Waals surface area contributed by atoms with Gasteiger partial charge in [-0.05, 0) is 23.3 Å². The van der Waals surface area contributed by atoms with E-state index in [4.69, 9.17) is 0 Å². The zero-order valence-electron chi connectivity index (χ0n) is 12.9. The van der Waals surface area contributed by atoms with Crippen molar-refractivity contribution in [3.05, 3.63) is 70.9 Å². The molecule has 0 aliphatic heterocycles. The van der Waals surface area contributed by atoms with E-state index in [0.29, 0.717) is 11.3 Å². The van der Waals surface area contributed by atoms with Crippen LogP contribution in [0, 0.1) is 0 Å². The normalized spacial score (nSPS) is 17.5. The van der Waals surface area contributed by atoms with Gasteiger partial charge in [0, 0.05) is 30.3 Å².